The molecule has 0 atom stereocenters. The minimum absolute atomic E-state index is 0.293. The molecule has 0 saturated heterocycles. The number of rotatable bonds is 6. The van der Waals surface area contributed by atoms with E-state index in [1.165, 1.54) is 24.3 Å². The number of hydrogen-bond acceptors (Lipinski definition) is 5. The van der Waals surface area contributed by atoms with E-state index in [1.54, 1.807) is 10.9 Å². The zero-order chi connectivity index (χ0) is 15.3. The molecule has 0 aliphatic carbocycles. The standard InChI is InChI=1S/C12H13F3N4O2/c13-12(14,15)21-11-3-1-10(2-4-11)20-6-5-19-8-9(7-16)17-18-19/h1-4,8H,5-7,16H2. The Bertz CT molecular complexity index is 569. The predicted octanol–water partition coefficient (Wildman–Crippen LogP) is 1.71. The molecule has 0 unspecified atom stereocenters. The molecule has 9 heteroatoms. The molecule has 1 heterocycles. The van der Waals surface area contributed by atoms with Crippen LogP contribution in [0.1, 0.15) is 5.69 Å². The van der Waals surface area contributed by atoms with Gasteiger partial charge in [0.15, 0.2) is 0 Å². The topological polar surface area (TPSA) is 75.2 Å². The van der Waals surface area contributed by atoms with Crippen molar-refractivity contribution in [1.82, 2.24) is 15.0 Å². The van der Waals surface area contributed by atoms with Crippen LogP contribution in [0.15, 0.2) is 30.5 Å². The lowest BCUT2D eigenvalue weighted by Crippen LogP contribution is -2.17. The minimum atomic E-state index is -4.70. The molecule has 2 rings (SSSR count). The lowest BCUT2D eigenvalue weighted by molar-refractivity contribution is -0.274. The van der Waals surface area contributed by atoms with Gasteiger partial charge in [0.1, 0.15) is 18.1 Å². The molecular formula is C12H13F3N4O2. The highest BCUT2D eigenvalue weighted by Gasteiger charge is 2.30. The van der Waals surface area contributed by atoms with Crippen LogP contribution in [0.5, 0.6) is 11.5 Å². The highest BCUT2D eigenvalue weighted by molar-refractivity contribution is 5.31. The zero-order valence-electron chi connectivity index (χ0n) is 10.9. The molecular weight excluding hydrogens is 289 g/mol. The van der Waals surface area contributed by atoms with Crippen LogP contribution in [0.2, 0.25) is 0 Å². The Kier molecular flexibility index (Phi) is 4.63. The highest BCUT2D eigenvalue weighted by atomic mass is 19.4. The maximum Gasteiger partial charge on any atom is 0.573 e. The summed E-state index contributed by atoms with van der Waals surface area (Å²) in [7, 11) is 0. The quantitative estimate of drug-likeness (QED) is 0.879. The zero-order valence-corrected chi connectivity index (χ0v) is 10.9. The van der Waals surface area contributed by atoms with E-state index in [4.69, 9.17) is 10.5 Å². The van der Waals surface area contributed by atoms with Crippen molar-refractivity contribution in [3.63, 3.8) is 0 Å². The van der Waals surface area contributed by atoms with Crippen molar-refractivity contribution in [2.24, 2.45) is 5.73 Å². The van der Waals surface area contributed by atoms with Crippen molar-refractivity contribution in [3.8, 4) is 11.5 Å². The molecule has 0 amide bonds. The Morgan fingerprint density at radius 3 is 2.38 bits per heavy atom. The van der Waals surface area contributed by atoms with Crippen LogP contribution in [0.4, 0.5) is 13.2 Å². The first-order chi connectivity index (χ1) is 9.96. The van der Waals surface area contributed by atoms with Crippen molar-refractivity contribution in [2.45, 2.75) is 19.5 Å². The Morgan fingerprint density at radius 1 is 1.14 bits per heavy atom. The van der Waals surface area contributed by atoms with Crippen LogP contribution in [0.3, 0.4) is 0 Å². The molecule has 0 radical (unpaired) electrons. The van der Waals surface area contributed by atoms with Gasteiger partial charge in [-0.3, -0.25) is 0 Å². The third-order valence-electron chi connectivity index (χ3n) is 2.44. The number of hydrogen-bond donors (Lipinski definition) is 1. The largest absolute Gasteiger partial charge is 0.573 e. The number of nitrogens with two attached hydrogens (primary N) is 1. The van der Waals surface area contributed by atoms with Gasteiger partial charge in [0.25, 0.3) is 0 Å². The van der Waals surface area contributed by atoms with Gasteiger partial charge in [0.05, 0.1) is 12.2 Å². The Labute approximate surface area is 118 Å². The summed E-state index contributed by atoms with van der Waals surface area (Å²) in [4.78, 5) is 0. The summed E-state index contributed by atoms with van der Waals surface area (Å²) in [5.74, 6) is 0.141. The maximum atomic E-state index is 12.0. The van der Waals surface area contributed by atoms with E-state index >= 15 is 0 Å². The van der Waals surface area contributed by atoms with E-state index in [1.807, 2.05) is 0 Å². The Morgan fingerprint density at radius 2 is 1.81 bits per heavy atom. The van der Waals surface area contributed by atoms with Crippen molar-refractivity contribution in [1.29, 1.82) is 0 Å². The predicted molar refractivity (Wildman–Crippen MR) is 66.5 cm³/mol. The second kappa shape index (κ2) is 6.44. The maximum absolute atomic E-state index is 12.0. The van der Waals surface area contributed by atoms with Crippen LogP contribution in [0.25, 0.3) is 0 Å². The fraction of sp³-hybridized carbons (Fsp3) is 0.333. The molecule has 0 bridgehead atoms. The van der Waals surface area contributed by atoms with E-state index in [0.29, 0.717) is 31.1 Å². The molecule has 0 aliphatic rings. The first-order valence-electron chi connectivity index (χ1n) is 6.04. The Balaban J connectivity index is 1.80. The lowest BCUT2D eigenvalue weighted by atomic mass is 10.3. The summed E-state index contributed by atoms with van der Waals surface area (Å²) in [6.45, 7) is 1.06. The van der Waals surface area contributed by atoms with Crippen LogP contribution < -0.4 is 15.2 Å². The summed E-state index contributed by atoms with van der Waals surface area (Å²) in [5.41, 5.74) is 6.07. The molecule has 0 spiro atoms. The average molecular weight is 302 g/mol. The molecule has 0 aliphatic heterocycles. The fourth-order valence-corrected chi connectivity index (χ4v) is 1.54. The van der Waals surface area contributed by atoms with Gasteiger partial charge in [0.2, 0.25) is 0 Å². The monoisotopic (exact) mass is 302 g/mol. The molecule has 114 valence electrons. The van der Waals surface area contributed by atoms with Gasteiger partial charge < -0.3 is 15.2 Å². The van der Waals surface area contributed by atoms with Gasteiger partial charge in [0, 0.05) is 12.7 Å². The van der Waals surface area contributed by atoms with Gasteiger partial charge in [-0.15, -0.1) is 18.3 Å². The van der Waals surface area contributed by atoms with E-state index in [2.05, 4.69) is 15.0 Å². The third-order valence-corrected chi connectivity index (χ3v) is 2.44. The second-order valence-electron chi connectivity index (χ2n) is 4.04. The third kappa shape index (κ3) is 4.95. The average Bonchev–Trinajstić information content (AvgIpc) is 2.87. The van der Waals surface area contributed by atoms with Crippen LogP contribution in [0, 0.1) is 0 Å². The van der Waals surface area contributed by atoms with Crippen LogP contribution in [-0.4, -0.2) is 28.0 Å². The molecule has 0 fully saturated rings. The van der Waals surface area contributed by atoms with Gasteiger partial charge in [-0.05, 0) is 24.3 Å². The summed E-state index contributed by atoms with van der Waals surface area (Å²) in [6.07, 6.45) is -3.00. The normalized spacial score (nSPS) is 11.4. The molecule has 1 aromatic heterocycles. The molecule has 1 aromatic carbocycles. The van der Waals surface area contributed by atoms with E-state index in [0.717, 1.165) is 0 Å². The van der Waals surface area contributed by atoms with Crippen molar-refractivity contribution < 1.29 is 22.6 Å². The molecule has 21 heavy (non-hydrogen) atoms. The molecule has 0 saturated carbocycles. The van der Waals surface area contributed by atoms with Gasteiger partial charge in [-0.25, -0.2) is 4.68 Å². The summed E-state index contributed by atoms with van der Waals surface area (Å²) in [6, 6.07) is 5.16. The first kappa shape index (κ1) is 15.1. The number of benzene rings is 1. The highest BCUT2D eigenvalue weighted by Crippen LogP contribution is 2.24. The SMILES string of the molecule is NCc1cn(CCOc2ccc(OC(F)(F)F)cc2)nn1. The number of ether oxygens (including phenoxy) is 2. The number of halogens is 3. The van der Waals surface area contributed by atoms with Gasteiger partial charge >= 0.3 is 6.36 Å². The van der Waals surface area contributed by atoms with Crippen LogP contribution in [-0.2, 0) is 13.1 Å². The smallest absolute Gasteiger partial charge is 0.492 e. The number of alkyl halides is 3. The van der Waals surface area contributed by atoms with E-state index in [9.17, 15) is 13.2 Å². The van der Waals surface area contributed by atoms with Gasteiger partial charge in [-0.1, -0.05) is 5.21 Å². The molecule has 2 aromatic rings. The summed E-state index contributed by atoms with van der Waals surface area (Å²) >= 11 is 0. The first-order valence-corrected chi connectivity index (χ1v) is 6.04. The summed E-state index contributed by atoms with van der Waals surface area (Å²) < 4.78 is 46.7. The molecule has 2 N–H and O–H groups in total. The number of nitrogens with zero attached hydrogens (tertiary/aromatic N) is 3. The minimum Gasteiger partial charge on any atom is -0.492 e. The van der Waals surface area contributed by atoms with Crippen LogP contribution >= 0.6 is 0 Å². The van der Waals surface area contributed by atoms with Crippen molar-refractivity contribution in [3.05, 3.63) is 36.2 Å². The van der Waals surface area contributed by atoms with Crippen molar-refractivity contribution >= 4 is 0 Å². The van der Waals surface area contributed by atoms with Crippen molar-refractivity contribution in [2.75, 3.05) is 6.61 Å². The lowest BCUT2D eigenvalue weighted by Gasteiger charge is -2.10. The second-order valence-corrected chi connectivity index (χ2v) is 4.04. The van der Waals surface area contributed by atoms with E-state index in [-0.39, 0.29) is 5.75 Å². The fourth-order valence-electron chi connectivity index (χ4n) is 1.54. The Hall–Kier alpha value is -2.29. The van der Waals surface area contributed by atoms with Gasteiger partial charge in [-0.2, -0.15) is 0 Å². The van der Waals surface area contributed by atoms with E-state index < -0.39 is 6.36 Å². The summed E-state index contributed by atoms with van der Waals surface area (Å²) in [5, 5.41) is 7.65. The number of aromatic nitrogens is 3. The molecule has 6 nitrogen and oxygen atoms in total.